The standard InChI is InChI=1S/C30H32N4OS/c1-22-10-9-11-23(2)28(22)31-26(35)20-33-16-18-34(19-17-33)21-27-32-29(24-12-5-3-6-13-24)30(36-27)25-14-7-4-8-15-25/h3-15H,16-21H2,1-2H3,(H,31,35). The zero-order chi connectivity index (χ0) is 24.9. The lowest BCUT2D eigenvalue weighted by Crippen LogP contribution is -2.48. The molecule has 1 N–H and O–H groups in total. The van der Waals surface area contributed by atoms with Crippen LogP contribution in [-0.4, -0.2) is 53.4 Å². The molecule has 5 rings (SSSR count). The third kappa shape index (κ3) is 5.73. The van der Waals surface area contributed by atoms with Gasteiger partial charge in [0, 0.05) is 37.4 Å². The Morgan fingerprint density at radius 3 is 2.03 bits per heavy atom. The van der Waals surface area contributed by atoms with Crippen LogP contribution in [0.2, 0.25) is 0 Å². The van der Waals surface area contributed by atoms with Crippen molar-refractivity contribution in [3.8, 4) is 21.7 Å². The average molecular weight is 497 g/mol. The lowest BCUT2D eigenvalue weighted by Gasteiger charge is -2.33. The summed E-state index contributed by atoms with van der Waals surface area (Å²) in [6, 6.07) is 27.1. The summed E-state index contributed by atoms with van der Waals surface area (Å²) in [7, 11) is 0. The van der Waals surface area contributed by atoms with E-state index in [9.17, 15) is 4.79 Å². The second-order valence-electron chi connectivity index (χ2n) is 9.38. The van der Waals surface area contributed by atoms with Gasteiger partial charge in [-0.25, -0.2) is 4.98 Å². The van der Waals surface area contributed by atoms with Crippen LogP contribution in [0.3, 0.4) is 0 Å². The highest BCUT2D eigenvalue weighted by Crippen LogP contribution is 2.37. The fourth-order valence-corrected chi connectivity index (χ4v) is 5.83. The summed E-state index contributed by atoms with van der Waals surface area (Å²) >= 11 is 1.79. The molecule has 1 saturated heterocycles. The molecule has 5 nitrogen and oxygen atoms in total. The number of hydrogen-bond donors (Lipinski definition) is 1. The maximum Gasteiger partial charge on any atom is 0.238 e. The Labute approximate surface area is 217 Å². The number of amides is 1. The first-order valence-electron chi connectivity index (χ1n) is 12.5. The Balaban J connectivity index is 1.21. The van der Waals surface area contributed by atoms with Gasteiger partial charge in [-0.05, 0) is 30.5 Å². The molecule has 0 bridgehead atoms. The van der Waals surface area contributed by atoms with E-state index in [1.807, 2.05) is 38.1 Å². The molecule has 36 heavy (non-hydrogen) atoms. The van der Waals surface area contributed by atoms with E-state index in [1.165, 1.54) is 10.4 Å². The largest absolute Gasteiger partial charge is 0.324 e. The smallest absolute Gasteiger partial charge is 0.238 e. The predicted molar refractivity (Wildman–Crippen MR) is 149 cm³/mol. The summed E-state index contributed by atoms with van der Waals surface area (Å²) in [4.78, 5) is 23.7. The van der Waals surface area contributed by atoms with E-state index in [-0.39, 0.29) is 5.91 Å². The predicted octanol–water partition coefficient (Wildman–Crippen LogP) is 5.85. The Kier molecular flexibility index (Phi) is 7.56. The molecule has 1 aliphatic rings. The number of rotatable bonds is 7. The summed E-state index contributed by atoms with van der Waals surface area (Å²) in [5.41, 5.74) is 6.55. The van der Waals surface area contributed by atoms with Crippen molar-refractivity contribution in [2.75, 3.05) is 38.0 Å². The third-order valence-electron chi connectivity index (χ3n) is 6.69. The first-order chi connectivity index (χ1) is 17.6. The lowest BCUT2D eigenvalue weighted by atomic mass is 10.1. The number of hydrogen-bond acceptors (Lipinski definition) is 5. The summed E-state index contributed by atoms with van der Waals surface area (Å²) in [6.07, 6.45) is 0. The van der Waals surface area contributed by atoms with Crippen LogP contribution in [-0.2, 0) is 11.3 Å². The first kappa shape index (κ1) is 24.4. The average Bonchev–Trinajstić information content (AvgIpc) is 3.32. The van der Waals surface area contributed by atoms with Gasteiger partial charge in [-0.1, -0.05) is 78.9 Å². The van der Waals surface area contributed by atoms with Crippen molar-refractivity contribution in [3.63, 3.8) is 0 Å². The minimum absolute atomic E-state index is 0.0563. The number of carbonyl (C=O) groups excluding carboxylic acids is 1. The molecule has 0 saturated carbocycles. The lowest BCUT2D eigenvalue weighted by molar-refractivity contribution is -0.117. The molecule has 0 spiro atoms. The normalized spacial score (nSPS) is 14.6. The van der Waals surface area contributed by atoms with Crippen LogP contribution in [0.1, 0.15) is 16.1 Å². The number of benzene rings is 3. The van der Waals surface area contributed by atoms with Crippen LogP contribution in [0.15, 0.2) is 78.9 Å². The highest BCUT2D eigenvalue weighted by atomic mass is 32.1. The van der Waals surface area contributed by atoms with Crippen LogP contribution in [0.4, 0.5) is 5.69 Å². The van der Waals surface area contributed by atoms with Crippen molar-refractivity contribution in [2.24, 2.45) is 0 Å². The van der Waals surface area contributed by atoms with Gasteiger partial charge in [0.2, 0.25) is 5.91 Å². The van der Waals surface area contributed by atoms with Crippen LogP contribution in [0.5, 0.6) is 0 Å². The molecule has 1 aromatic heterocycles. The van der Waals surface area contributed by atoms with Gasteiger partial charge in [-0.3, -0.25) is 14.6 Å². The van der Waals surface area contributed by atoms with E-state index in [1.54, 1.807) is 11.3 Å². The van der Waals surface area contributed by atoms with E-state index in [2.05, 4.69) is 69.7 Å². The van der Waals surface area contributed by atoms with Gasteiger partial charge in [0.25, 0.3) is 0 Å². The Bertz CT molecular complexity index is 1230. The molecule has 3 aromatic carbocycles. The van der Waals surface area contributed by atoms with Crippen molar-refractivity contribution in [2.45, 2.75) is 20.4 Å². The molecule has 4 aromatic rings. The maximum atomic E-state index is 12.7. The number of piperazine rings is 1. The third-order valence-corrected chi connectivity index (χ3v) is 7.78. The molecule has 1 fully saturated rings. The quantitative estimate of drug-likeness (QED) is 0.349. The molecule has 184 valence electrons. The van der Waals surface area contributed by atoms with Gasteiger partial charge in [0.1, 0.15) is 5.01 Å². The molecule has 2 heterocycles. The number of nitrogens with zero attached hydrogens (tertiary/aromatic N) is 3. The van der Waals surface area contributed by atoms with Crippen LogP contribution >= 0.6 is 11.3 Å². The highest BCUT2D eigenvalue weighted by Gasteiger charge is 2.22. The van der Waals surface area contributed by atoms with Crippen LogP contribution < -0.4 is 5.32 Å². The van der Waals surface area contributed by atoms with Gasteiger partial charge >= 0.3 is 0 Å². The SMILES string of the molecule is Cc1cccc(C)c1NC(=O)CN1CCN(Cc2nc(-c3ccccc3)c(-c3ccccc3)s2)CC1. The minimum Gasteiger partial charge on any atom is -0.324 e. The van der Waals surface area contributed by atoms with Crippen molar-refractivity contribution < 1.29 is 4.79 Å². The summed E-state index contributed by atoms with van der Waals surface area (Å²) in [6.45, 7) is 8.94. The van der Waals surface area contributed by atoms with Gasteiger partial charge in [0.15, 0.2) is 0 Å². The maximum absolute atomic E-state index is 12.7. The number of nitrogens with one attached hydrogen (secondary N) is 1. The van der Waals surface area contributed by atoms with E-state index >= 15 is 0 Å². The molecular formula is C30H32N4OS. The summed E-state index contributed by atoms with van der Waals surface area (Å²) < 4.78 is 0. The second kappa shape index (κ2) is 11.2. The van der Waals surface area contributed by atoms with Gasteiger partial charge in [-0.2, -0.15) is 0 Å². The van der Waals surface area contributed by atoms with E-state index < -0.39 is 0 Å². The minimum atomic E-state index is 0.0563. The molecule has 1 aliphatic heterocycles. The zero-order valence-corrected chi connectivity index (χ0v) is 21.7. The zero-order valence-electron chi connectivity index (χ0n) is 20.9. The Morgan fingerprint density at radius 1 is 0.806 bits per heavy atom. The first-order valence-corrected chi connectivity index (χ1v) is 13.3. The van der Waals surface area contributed by atoms with Gasteiger partial charge in [0.05, 0.1) is 23.7 Å². The Hall–Kier alpha value is -3.32. The fourth-order valence-electron chi connectivity index (χ4n) is 4.70. The fraction of sp³-hybridized carbons (Fsp3) is 0.267. The van der Waals surface area contributed by atoms with E-state index in [0.29, 0.717) is 6.54 Å². The molecule has 6 heteroatoms. The monoisotopic (exact) mass is 496 g/mol. The van der Waals surface area contributed by atoms with E-state index in [0.717, 1.165) is 65.8 Å². The number of carbonyl (C=O) groups is 1. The molecule has 0 aliphatic carbocycles. The molecule has 1 amide bonds. The molecular weight excluding hydrogens is 464 g/mol. The van der Waals surface area contributed by atoms with Crippen molar-refractivity contribution in [1.29, 1.82) is 0 Å². The molecule has 0 radical (unpaired) electrons. The number of anilines is 1. The topological polar surface area (TPSA) is 48.5 Å². The summed E-state index contributed by atoms with van der Waals surface area (Å²) in [5.74, 6) is 0.0563. The van der Waals surface area contributed by atoms with Crippen molar-refractivity contribution >= 4 is 22.9 Å². The van der Waals surface area contributed by atoms with Crippen LogP contribution in [0.25, 0.3) is 21.7 Å². The molecule has 0 atom stereocenters. The number of aromatic nitrogens is 1. The van der Waals surface area contributed by atoms with Crippen LogP contribution in [0, 0.1) is 13.8 Å². The second-order valence-corrected chi connectivity index (χ2v) is 10.5. The number of para-hydroxylation sites is 1. The van der Waals surface area contributed by atoms with Crippen molar-refractivity contribution in [3.05, 3.63) is 95.0 Å². The van der Waals surface area contributed by atoms with Gasteiger partial charge < -0.3 is 5.32 Å². The van der Waals surface area contributed by atoms with E-state index in [4.69, 9.17) is 4.98 Å². The number of aryl methyl sites for hydroxylation is 2. The number of thiazole rings is 1. The molecule has 0 unspecified atom stereocenters. The highest BCUT2D eigenvalue weighted by molar-refractivity contribution is 7.15. The van der Waals surface area contributed by atoms with Gasteiger partial charge in [-0.15, -0.1) is 11.3 Å². The Morgan fingerprint density at radius 2 is 1.39 bits per heavy atom. The van der Waals surface area contributed by atoms with Crippen molar-refractivity contribution in [1.82, 2.24) is 14.8 Å². The summed E-state index contributed by atoms with van der Waals surface area (Å²) in [5, 5.41) is 4.25.